The van der Waals surface area contributed by atoms with Gasteiger partial charge in [-0.25, -0.2) is 0 Å². The Morgan fingerprint density at radius 2 is 1.76 bits per heavy atom. The summed E-state index contributed by atoms with van der Waals surface area (Å²) in [4.78, 5) is 11.2. The van der Waals surface area contributed by atoms with Gasteiger partial charge in [0.25, 0.3) is 0 Å². The molecular formula is C18H13NOS. The van der Waals surface area contributed by atoms with E-state index in [1.165, 1.54) is 15.6 Å². The first-order chi connectivity index (χ1) is 10.4. The van der Waals surface area contributed by atoms with Crippen molar-refractivity contribution in [2.75, 3.05) is 0 Å². The van der Waals surface area contributed by atoms with Crippen molar-refractivity contribution < 1.29 is 4.79 Å². The molecule has 0 saturated carbocycles. The van der Waals surface area contributed by atoms with Gasteiger partial charge in [-0.15, -0.1) is 11.3 Å². The van der Waals surface area contributed by atoms with Crippen molar-refractivity contribution in [3.63, 3.8) is 0 Å². The molecule has 2 nitrogen and oxygen atoms in total. The third-order valence-corrected chi connectivity index (χ3v) is 4.86. The smallest absolute Gasteiger partial charge is 0.152 e. The minimum absolute atomic E-state index is 0.755. The van der Waals surface area contributed by atoms with Gasteiger partial charge in [-0.1, -0.05) is 36.4 Å². The van der Waals surface area contributed by atoms with Crippen molar-refractivity contribution in [3.05, 3.63) is 71.2 Å². The van der Waals surface area contributed by atoms with Crippen molar-refractivity contribution in [2.24, 2.45) is 0 Å². The fraction of sp³-hybridized carbons (Fsp3) is 0.0556. The largest absolute Gasteiger partial charge is 0.342 e. The van der Waals surface area contributed by atoms with Crippen molar-refractivity contribution in [2.45, 2.75) is 6.54 Å². The summed E-state index contributed by atoms with van der Waals surface area (Å²) in [5, 5.41) is 4.53. The van der Waals surface area contributed by atoms with Gasteiger partial charge in [0.05, 0.1) is 0 Å². The van der Waals surface area contributed by atoms with Crippen LogP contribution in [0.1, 0.15) is 15.9 Å². The number of aromatic nitrogens is 1. The summed E-state index contributed by atoms with van der Waals surface area (Å²) in [5.74, 6) is 0. The Hall–Kier alpha value is -2.39. The first kappa shape index (κ1) is 12.4. The molecule has 2 heterocycles. The van der Waals surface area contributed by atoms with Crippen LogP contribution >= 0.6 is 11.3 Å². The molecule has 2 aromatic carbocycles. The van der Waals surface area contributed by atoms with E-state index in [0.29, 0.717) is 0 Å². The summed E-state index contributed by atoms with van der Waals surface area (Å²) in [7, 11) is 0. The molecule has 21 heavy (non-hydrogen) atoms. The van der Waals surface area contributed by atoms with E-state index < -0.39 is 0 Å². The minimum atomic E-state index is 0.755. The van der Waals surface area contributed by atoms with Gasteiger partial charge in [-0.3, -0.25) is 4.79 Å². The first-order valence-electron chi connectivity index (χ1n) is 6.85. The average molecular weight is 291 g/mol. The number of rotatable bonds is 3. The number of aldehydes is 1. The number of hydrogen-bond donors (Lipinski definition) is 0. The van der Waals surface area contributed by atoms with E-state index in [9.17, 15) is 4.79 Å². The number of nitrogens with zero attached hydrogens (tertiary/aromatic N) is 1. The van der Waals surface area contributed by atoms with E-state index >= 15 is 0 Å². The predicted octanol–water partition coefficient (Wildman–Crippen LogP) is 4.72. The van der Waals surface area contributed by atoms with Crippen LogP contribution in [0.15, 0.2) is 60.1 Å². The van der Waals surface area contributed by atoms with Crippen molar-refractivity contribution >= 4 is 38.6 Å². The summed E-state index contributed by atoms with van der Waals surface area (Å²) in [5.41, 5.74) is 3.16. The summed E-state index contributed by atoms with van der Waals surface area (Å²) in [6, 6.07) is 16.5. The molecule has 0 bridgehead atoms. The Balaban J connectivity index is 1.86. The van der Waals surface area contributed by atoms with E-state index in [-0.39, 0.29) is 0 Å². The molecule has 0 saturated heterocycles. The van der Waals surface area contributed by atoms with Crippen molar-refractivity contribution in [3.8, 4) is 0 Å². The second-order valence-electron chi connectivity index (χ2n) is 5.10. The van der Waals surface area contributed by atoms with Gasteiger partial charge in [0.2, 0.25) is 0 Å². The number of para-hydroxylation sites is 1. The zero-order chi connectivity index (χ0) is 14.2. The highest BCUT2D eigenvalue weighted by Crippen LogP contribution is 2.28. The highest BCUT2D eigenvalue weighted by Gasteiger charge is 2.09. The lowest BCUT2D eigenvalue weighted by Gasteiger charge is -2.04. The molecule has 0 spiro atoms. The predicted molar refractivity (Wildman–Crippen MR) is 88.3 cm³/mol. The van der Waals surface area contributed by atoms with Gasteiger partial charge in [-0.05, 0) is 28.5 Å². The maximum Gasteiger partial charge on any atom is 0.152 e. The molecule has 0 unspecified atom stereocenters. The molecule has 3 heteroatoms. The van der Waals surface area contributed by atoms with E-state index in [0.717, 1.165) is 29.3 Å². The molecular weight excluding hydrogens is 278 g/mol. The number of fused-ring (bicyclic) bond motifs is 2. The molecule has 0 radical (unpaired) electrons. The second kappa shape index (κ2) is 4.86. The Kier molecular flexibility index (Phi) is 2.86. The number of carbonyl (C=O) groups is 1. The minimum Gasteiger partial charge on any atom is -0.342 e. The zero-order valence-corrected chi connectivity index (χ0v) is 12.1. The summed E-state index contributed by atoms with van der Waals surface area (Å²) >= 11 is 1.77. The van der Waals surface area contributed by atoms with Crippen LogP contribution in [0.5, 0.6) is 0 Å². The van der Waals surface area contributed by atoms with E-state index in [4.69, 9.17) is 0 Å². The third kappa shape index (κ3) is 1.98. The molecule has 0 aliphatic carbocycles. The quantitative estimate of drug-likeness (QED) is 0.501. The highest BCUT2D eigenvalue weighted by molar-refractivity contribution is 7.17. The normalized spacial score (nSPS) is 11.2. The van der Waals surface area contributed by atoms with E-state index in [1.807, 2.05) is 24.4 Å². The molecule has 2 aromatic heterocycles. The molecule has 0 aliphatic rings. The lowest BCUT2D eigenvalue weighted by atomic mass is 10.2. The Bertz CT molecular complexity index is 948. The van der Waals surface area contributed by atoms with Crippen LogP contribution in [0.25, 0.3) is 21.0 Å². The van der Waals surface area contributed by atoms with Crippen LogP contribution in [0.4, 0.5) is 0 Å². The molecule has 0 N–H and O–H groups in total. The summed E-state index contributed by atoms with van der Waals surface area (Å²) in [6.45, 7) is 0.790. The molecule has 0 aliphatic heterocycles. The maximum atomic E-state index is 11.2. The number of hydrogen-bond acceptors (Lipinski definition) is 2. The number of benzene rings is 2. The standard InChI is InChI=1S/C18H13NOS/c20-11-13-9-19(17-7-3-1-5-15(13)17)10-14-12-21-18-8-4-2-6-16(14)18/h1-9,11-12H,10H2. The fourth-order valence-electron chi connectivity index (χ4n) is 2.84. The van der Waals surface area contributed by atoms with Gasteiger partial charge in [0, 0.05) is 33.9 Å². The Labute approximate surface area is 126 Å². The number of carbonyl (C=O) groups excluding carboxylic acids is 1. The number of thiophene rings is 1. The van der Waals surface area contributed by atoms with Gasteiger partial charge in [0.1, 0.15) is 0 Å². The fourth-order valence-corrected chi connectivity index (χ4v) is 3.79. The summed E-state index contributed by atoms with van der Waals surface area (Å²) < 4.78 is 3.47. The Morgan fingerprint density at radius 1 is 1.00 bits per heavy atom. The van der Waals surface area contributed by atoms with Gasteiger partial charge in [-0.2, -0.15) is 0 Å². The SMILES string of the molecule is O=Cc1cn(Cc2csc3ccccc23)c2ccccc12. The summed E-state index contributed by atoms with van der Waals surface area (Å²) in [6.07, 6.45) is 2.88. The second-order valence-corrected chi connectivity index (χ2v) is 6.02. The zero-order valence-electron chi connectivity index (χ0n) is 11.3. The molecule has 4 rings (SSSR count). The lowest BCUT2D eigenvalue weighted by Crippen LogP contribution is -1.96. The lowest BCUT2D eigenvalue weighted by molar-refractivity contribution is 0.112. The average Bonchev–Trinajstić information content (AvgIpc) is 3.10. The Morgan fingerprint density at radius 3 is 2.62 bits per heavy atom. The monoisotopic (exact) mass is 291 g/mol. The van der Waals surface area contributed by atoms with Gasteiger partial charge < -0.3 is 4.57 Å². The molecule has 0 amide bonds. The molecule has 0 fully saturated rings. The van der Waals surface area contributed by atoms with E-state index in [2.05, 4.69) is 40.3 Å². The molecule has 102 valence electrons. The van der Waals surface area contributed by atoms with Crippen molar-refractivity contribution in [1.82, 2.24) is 4.57 Å². The van der Waals surface area contributed by atoms with Crippen molar-refractivity contribution in [1.29, 1.82) is 0 Å². The third-order valence-electron chi connectivity index (χ3n) is 3.85. The van der Waals surface area contributed by atoms with Crippen LogP contribution in [-0.2, 0) is 6.54 Å². The van der Waals surface area contributed by atoms with E-state index in [1.54, 1.807) is 11.3 Å². The van der Waals surface area contributed by atoms with Crippen LogP contribution in [0.2, 0.25) is 0 Å². The maximum absolute atomic E-state index is 11.2. The van der Waals surface area contributed by atoms with Crippen LogP contribution < -0.4 is 0 Å². The topological polar surface area (TPSA) is 22.0 Å². The van der Waals surface area contributed by atoms with Gasteiger partial charge >= 0.3 is 0 Å². The highest BCUT2D eigenvalue weighted by atomic mass is 32.1. The first-order valence-corrected chi connectivity index (χ1v) is 7.73. The van der Waals surface area contributed by atoms with Gasteiger partial charge in [0.15, 0.2) is 6.29 Å². The van der Waals surface area contributed by atoms with Crippen LogP contribution in [0.3, 0.4) is 0 Å². The van der Waals surface area contributed by atoms with Crippen LogP contribution in [-0.4, -0.2) is 10.9 Å². The molecule has 4 aromatic rings. The molecule has 0 atom stereocenters. The van der Waals surface area contributed by atoms with Crippen LogP contribution in [0, 0.1) is 0 Å².